The lowest BCUT2D eigenvalue weighted by molar-refractivity contribution is 0.311. The van der Waals surface area contributed by atoms with Gasteiger partial charge in [0.2, 0.25) is 0 Å². The number of anilines is 1. The number of benzene rings is 2. The number of halogens is 1. The quantitative estimate of drug-likeness (QED) is 0.651. The fraction of sp³-hybridized carbons (Fsp3) is 0.300. The lowest BCUT2D eigenvalue weighted by Gasteiger charge is -2.24. The molecule has 3 aromatic rings. The molecule has 0 radical (unpaired) electrons. The van der Waals surface area contributed by atoms with Crippen LogP contribution in [0.25, 0.3) is 16.6 Å². The summed E-state index contributed by atoms with van der Waals surface area (Å²) >= 11 is 6.25. The molecular formula is C20H20ClN3. The van der Waals surface area contributed by atoms with Gasteiger partial charge in [-0.25, -0.2) is 0 Å². The zero-order valence-electron chi connectivity index (χ0n) is 14.0. The molecule has 4 heteroatoms. The van der Waals surface area contributed by atoms with Gasteiger partial charge in [0.15, 0.2) is 0 Å². The topological polar surface area (TPSA) is 20.2 Å². The van der Waals surface area contributed by atoms with Gasteiger partial charge in [0.05, 0.1) is 16.9 Å². The highest BCUT2D eigenvalue weighted by Gasteiger charge is 2.27. The van der Waals surface area contributed by atoms with Crippen LogP contribution in [0, 0.1) is 6.92 Å². The number of nitrogens with one attached hydrogen (secondary N) is 1. The lowest BCUT2D eigenvalue weighted by atomic mass is 10.0. The number of aromatic nitrogens is 1. The van der Waals surface area contributed by atoms with Gasteiger partial charge in [0.1, 0.15) is 0 Å². The minimum Gasteiger partial charge on any atom is -0.379 e. The molecule has 2 aliphatic rings. The average Bonchev–Trinajstić information content (AvgIpc) is 2.76. The highest BCUT2D eigenvalue weighted by molar-refractivity contribution is 6.31. The van der Waals surface area contributed by atoms with Crippen LogP contribution < -0.4 is 5.32 Å². The molecule has 2 aromatic carbocycles. The number of rotatable bonds is 0. The van der Waals surface area contributed by atoms with Gasteiger partial charge in [-0.05, 0) is 49.4 Å². The molecule has 2 aliphatic heterocycles. The molecule has 0 aliphatic carbocycles. The summed E-state index contributed by atoms with van der Waals surface area (Å²) in [5, 5.41) is 5.78. The van der Waals surface area contributed by atoms with Crippen LogP contribution in [0.3, 0.4) is 0 Å². The molecule has 5 rings (SSSR count). The van der Waals surface area contributed by atoms with Crippen molar-refractivity contribution in [3.8, 4) is 5.69 Å². The first-order valence-electron chi connectivity index (χ1n) is 8.50. The molecule has 1 N–H and O–H groups in total. The van der Waals surface area contributed by atoms with E-state index >= 15 is 0 Å². The van der Waals surface area contributed by atoms with Gasteiger partial charge >= 0.3 is 0 Å². The minimum atomic E-state index is 0.778. The second kappa shape index (κ2) is 5.01. The summed E-state index contributed by atoms with van der Waals surface area (Å²) in [7, 11) is 2.21. The largest absolute Gasteiger partial charge is 0.379 e. The number of likely N-dealkylation sites (N-methyl/N-ethyl adjacent to an activating group) is 1. The summed E-state index contributed by atoms with van der Waals surface area (Å²) in [6.07, 6.45) is 1.08. The van der Waals surface area contributed by atoms with Crippen LogP contribution in [-0.4, -0.2) is 23.1 Å². The summed E-state index contributed by atoms with van der Waals surface area (Å²) in [5.41, 5.74) is 9.36. The molecule has 0 spiro atoms. The lowest BCUT2D eigenvalue weighted by Crippen LogP contribution is -2.27. The van der Waals surface area contributed by atoms with E-state index in [2.05, 4.69) is 47.0 Å². The molecule has 0 saturated heterocycles. The van der Waals surface area contributed by atoms with Gasteiger partial charge in [0.25, 0.3) is 0 Å². The number of fused-ring (bicyclic) bond motifs is 5. The Morgan fingerprint density at radius 1 is 1.17 bits per heavy atom. The van der Waals surface area contributed by atoms with Crippen LogP contribution in [0.15, 0.2) is 30.3 Å². The Kier molecular flexibility index (Phi) is 3.00. The molecule has 0 amide bonds. The molecule has 0 atom stereocenters. The van der Waals surface area contributed by atoms with Crippen LogP contribution >= 0.6 is 11.6 Å². The van der Waals surface area contributed by atoms with Crippen LogP contribution in [0.4, 0.5) is 5.69 Å². The Balaban J connectivity index is 1.92. The molecule has 1 aromatic heterocycles. The maximum Gasteiger partial charge on any atom is 0.0691 e. The zero-order chi connectivity index (χ0) is 16.4. The summed E-state index contributed by atoms with van der Waals surface area (Å²) in [6, 6.07) is 10.9. The Labute approximate surface area is 146 Å². The number of hydrogen-bond donors (Lipinski definition) is 1. The Hall–Kier alpha value is -1.97. The highest BCUT2D eigenvalue weighted by Crippen LogP contribution is 2.40. The van der Waals surface area contributed by atoms with Gasteiger partial charge in [0, 0.05) is 42.2 Å². The van der Waals surface area contributed by atoms with Crippen molar-refractivity contribution >= 4 is 28.2 Å². The van der Waals surface area contributed by atoms with E-state index < -0.39 is 0 Å². The van der Waals surface area contributed by atoms with Crippen molar-refractivity contribution in [1.29, 1.82) is 0 Å². The van der Waals surface area contributed by atoms with Crippen molar-refractivity contribution in [2.24, 2.45) is 0 Å². The summed E-state index contributed by atoms with van der Waals surface area (Å²) < 4.78 is 2.48. The van der Waals surface area contributed by atoms with Crippen LogP contribution in [0.5, 0.6) is 0 Å². The van der Waals surface area contributed by atoms with Gasteiger partial charge in [-0.3, -0.25) is 0 Å². The number of hydrogen-bond acceptors (Lipinski definition) is 2. The molecule has 0 unspecified atom stereocenters. The molecule has 24 heavy (non-hydrogen) atoms. The van der Waals surface area contributed by atoms with Crippen molar-refractivity contribution < 1.29 is 0 Å². The second-order valence-corrected chi connectivity index (χ2v) is 7.52. The van der Waals surface area contributed by atoms with Crippen LogP contribution in [0.2, 0.25) is 5.02 Å². The smallest absolute Gasteiger partial charge is 0.0691 e. The molecule has 0 bridgehead atoms. The summed E-state index contributed by atoms with van der Waals surface area (Å²) in [6.45, 7) is 5.16. The second-order valence-electron chi connectivity index (χ2n) is 7.08. The van der Waals surface area contributed by atoms with E-state index in [1.165, 1.54) is 39.0 Å². The first kappa shape index (κ1) is 14.4. The van der Waals surface area contributed by atoms with E-state index in [1.807, 2.05) is 12.1 Å². The van der Waals surface area contributed by atoms with Gasteiger partial charge in [-0.15, -0.1) is 0 Å². The van der Waals surface area contributed by atoms with Crippen LogP contribution in [0.1, 0.15) is 22.4 Å². The summed E-state index contributed by atoms with van der Waals surface area (Å²) in [5.74, 6) is 0. The monoisotopic (exact) mass is 337 g/mol. The third kappa shape index (κ3) is 1.95. The predicted octanol–water partition coefficient (Wildman–Crippen LogP) is 4.51. The van der Waals surface area contributed by atoms with Crippen molar-refractivity contribution in [3.05, 3.63) is 57.7 Å². The molecule has 122 valence electrons. The zero-order valence-corrected chi connectivity index (χ0v) is 14.7. The van der Waals surface area contributed by atoms with E-state index in [1.54, 1.807) is 0 Å². The van der Waals surface area contributed by atoms with Gasteiger partial charge in [-0.2, -0.15) is 0 Å². The number of nitrogens with zero attached hydrogens (tertiary/aromatic N) is 2. The van der Waals surface area contributed by atoms with Crippen molar-refractivity contribution in [2.45, 2.75) is 26.4 Å². The molecule has 0 fully saturated rings. The van der Waals surface area contributed by atoms with Gasteiger partial charge < -0.3 is 14.8 Å². The molecule has 0 saturated carbocycles. The Morgan fingerprint density at radius 2 is 2.04 bits per heavy atom. The first-order chi connectivity index (χ1) is 11.6. The fourth-order valence-corrected chi connectivity index (χ4v) is 4.47. The van der Waals surface area contributed by atoms with Crippen molar-refractivity contribution in [3.63, 3.8) is 0 Å². The van der Waals surface area contributed by atoms with Gasteiger partial charge in [-0.1, -0.05) is 23.2 Å². The average molecular weight is 338 g/mol. The van der Waals surface area contributed by atoms with E-state index in [-0.39, 0.29) is 0 Å². The van der Waals surface area contributed by atoms with Crippen molar-refractivity contribution in [2.75, 3.05) is 18.9 Å². The SMILES string of the molecule is Cc1cc2c3c(c1)c1c(n3-c3ccc(Cl)cc3NC2)CCN(C)C1. The van der Waals surface area contributed by atoms with E-state index in [4.69, 9.17) is 11.6 Å². The fourth-order valence-electron chi connectivity index (χ4n) is 4.29. The third-order valence-electron chi connectivity index (χ3n) is 5.33. The molecule has 3 heterocycles. The first-order valence-corrected chi connectivity index (χ1v) is 8.87. The van der Waals surface area contributed by atoms with E-state index in [0.717, 1.165) is 36.8 Å². The molecule has 3 nitrogen and oxygen atoms in total. The van der Waals surface area contributed by atoms with Crippen LogP contribution in [-0.2, 0) is 19.5 Å². The Bertz CT molecular complexity index is 986. The maximum absolute atomic E-state index is 6.25. The Morgan fingerprint density at radius 3 is 2.92 bits per heavy atom. The number of aryl methyl sites for hydroxylation is 1. The van der Waals surface area contributed by atoms with E-state index in [0.29, 0.717) is 0 Å². The maximum atomic E-state index is 6.25. The van der Waals surface area contributed by atoms with Crippen molar-refractivity contribution in [1.82, 2.24) is 9.47 Å². The normalized spacial score (nSPS) is 16.5. The predicted molar refractivity (Wildman–Crippen MR) is 100 cm³/mol. The minimum absolute atomic E-state index is 0.778. The molecular weight excluding hydrogens is 318 g/mol. The highest BCUT2D eigenvalue weighted by atomic mass is 35.5. The third-order valence-corrected chi connectivity index (χ3v) is 5.56. The summed E-state index contributed by atoms with van der Waals surface area (Å²) in [4.78, 5) is 2.42. The van der Waals surface area contributed by atoms with E-state index in [9.17, 15) is 0 Å². The standard InChI is InChI=1S/C20H20ClN3/c1-12-7-13-10-22-17-9-14(21)3-4-19(17)24-18-5-6-23(2)11-16(18)15(8-12)20(13)24/h3-4,7-9,22H,5-6,10-11H2,1-2H3.